The lowest BCUT2D eigenvalue weighted by atomic mass is 10.1. The van der Waals surface area contributed by atoms with Crippen molar-refractivity contribution in [2.24, 2.45) is 4.99 Å². The Morgan fingerprint density at radius 3 is 2.49 bits per heavy atom. The van der Waals surface area contributed by atoms with Crippen LogP contribution in [0.1, 0.15) is 16.7 Å². The Balaban J connectivity index is 1.52. The molecule has 0 aromatic heterocycles. The third-order valence-electron chi connectivity index (χ3n) is 5.71. The minimum Gasteiger partial charge on any atom is -0.493 e. The number of aliphatic imine (C=N–C) groups is 1. The fourth-order valence-electron chi connectivity index (χ4n) is 3.89. The molecule has 0 unspecified atom stereocenters. The van der Waals surface area contributed by atoms with Crippen molar-refractivity contribution in [3.05, 3.63) is 94.0 Å². The fourth-order valence-corrected chi connectivity index (χ4v) is 4.35. The number of ether oxygens (including phenoxy) is 3. The second kappa shape index (κ2) is 12.1. The lowest BCUT2D eigenvalue weighted by molar-refractivity contribution is 0.122. The van der Waals surface area contributed by atoms with E-state index in [0.717, 1.165) is 48.7 Å². The quantitative estimate of drug-likeness (QED) is 0.232. The molecular weight excluding hydrogens is 483 g/mol. The molecule has 35 heavy (non-hydrogen) atoms. The number of methoxy groups -OCH3 is 1. The smallest absolute Gasteiger partial charge is 0.165 e. The van der Waals surface area contributed by atoms with Crippen molar-refractivity contribution >= 4 is 40.8 Å². The molecule has 182 valence electrons. The van der Waals surface area contributed by atoms with E-state index in [9.17, 15) is 0 Å². The Morgan fingerprint density at radius 1 is 1.03 bits per heavy atom. The molecule has 1 heterocycles. The van der Waals surface area contributed by atoms with Crippen LogP contribution in [0.4, 0.5) is 11.4 Å². The number of rotatable bonds is 9. The van der Waals surface area contributed by atoms with Crippen LogP contribution in [0.5, 0.6) is 11.5 Å². The molecular formula is C28H28Cl2N2O3. The van der Waals surface area contributed by atoms with Crippen molar-refractivity contribution in [3.63, 3.8) is 0 Å². The summed E-state index contributed by atoms with van der Waals surface area (Å²) < 4.78 is 17.2. The highest BCUT2D eigenvalue weighted by Crippen LogP contribution is 2.35. The summed E-state index contributed by atoms with van der Waals surface area (Å²) in [7, 11) is 1.63. The predicted octanol–water partition coefficient (Wildman–Crippen LogP) is 6.90. The van der Waals surface area contributed by atoms with Gasteiger partial charge in [0.15, 0.2) is 11.5 Å². The van der Waals surface area contributed by atoms with Gasteiger partial charge < -0.3 is 19.1 Å². The van der Waals surface area contributed by atoms with Gasteiger partial charge in [-0.1, -0.05) is 35.3 Å². The number of morpholine rings is 1. The number of halogens is 2. The van der Waals surface area contributed by atoms with E-state index in [4.69, 9.17) is 37.4 Å². The van der Waals surface area contributed by atoms with Gasteiger partial charge in [-0.2, -0.15) is 0 Å². The lowest BCUT2D eigenvalue weighted by Crippen LogP contribution is -2.36. The highest BCUT2D eigenvalue weighted by molar-refractivity contribution is 6.35. The van der Waals surface area contributed by atoms with Gasteiger partial charge in [0.2, 0.25) is 0 Å². The first-order valence-electron chi connectivity index (χ1n) is 11.4. The second-order valence-corrected chi connectivity index (χ2v) is 8.95. The first-order chi connectivity index (χ1) is 17.1. The Kier molecular flexibility index (Phi) is 8.69. The van der Waals surface area contributed by atoms with Crippen LogP contribution >= 0.6 is 23.2 Å². The number of benzene rings is 3. The third-order valence-corrected chi connectivity index (χ3v) is 6.30. The molecule has 1 aliphatic heterocycles. The minimum atomic E-state index is 0.291. The van der Waals surface area contributed by atoms with E-state index in [-0.39, 0.29) is 0 Å². The van der Waals surface area contributed by atoms with E-state index in [1.165, 1.54) is 5.69 Å². The maximum absolute atomic E-state index is 6.31. The van der Waals surface area contributed by atoms with E-state index in [1.54, 1.807) is 19.2 Å². The average Bonchev–Trinajstić information content (AvgIpc) is 2.88. The summed E-state index contributed by atoms with van der Waals surface area (Å²) in [6, 6.07) is 17.5. The zero-order chi connectivity index (χ0) is 24.6. The van der Waals surface area contributed by atoms with Crippen LogP contribution in [0.15, 0.2) is 72.2 Å². The molecule has 7 heteroatoms. The molecule has 0 atom stereocenters. The normalized spacial score (nSPS) is 13.7. The maximum atomic E-state index is 6.31. The topological polar surface area (TPSA) is 43.3 Å². The number of hydrogen-bond acceptors (Lipinski definition) is 5. The van der Waals surface area contributed by atoms with Gasteiger partial charge in [0, 0.05) is 46.2 Å². The van der Waals surface area contributed by atoms with Gasteiger partial charge in [-0.05, 0) is 60.5 Å². The van der Waals surface area contributed by atoms with Crippen LogP contribution < -0.4 is 14.4 Å². The van der Waals surface area contributed by atoms with Crippen molar-refractivity contribution < 1.29 is 14.2 Å². The van der Waals surface area contributed by atoms with Crippen LogP contribution in [-0.4, -0.2) is 39.6 Å². The first kappa shape index (κ1) is 25.1. The first-order valence-corrected chi connectivity index (χ1v) is 12.2. The van der Waals surface area contributed by atoms with Gasteiger partial charge in [-0.25, -0.2) is 0 Å². The Labute approximate surface area is 216 Å². The summed E-state index contributed by atoms with van der Waals surface area (Å²) in [5.41, 5.74) is 4.77. The zero-order valence-electron chi connectivity index (χ0n) is 19.7. The van der Waals surface area contributed by atoms with Gasteiger partial charge in [-0.3, -0.25) is 4.99 Å². The van der Waals surface area contributed by atoms with E-state index in [2.05, 4.69) is 28.6 Å². The molecule has 1 fully saturated rings. The highest BCUT2D eigenvalue weighted by Gasteiger charge is 2.14. The molecule has 0 radical (unpaired) electrons. The predicted molar refractivity (Wildman–Crippen MR) is 144 cm³/mol. The molecule has 0 spiro atoms. The number of allylic oxidation sites excluding steroid dienone is 1. The summed E-state index contributed by atoms with van der Waals surface area (Å²) in [4.78, 5) is 6.98. The van der Waals surface area contributed by atoms with Gasteiger partial charge in [0.1, 0.15) is 6.61 Å². The zero-order valence-corrected chi connectivity index (χ0v) is 21.2. The molecule has 0 amide bonds. The number of nitrogens with zero attached hydrogens (tertiary/aromatic N) is 2. The number of hydrogen-bond donors (Lipinski definition) is 0. The van der Waals surface area contributed by atoms with Gasteiger partial charge >= 0.3 is 0 Å². The van der Waals surface area contributed by atoms with Crippen molar-refractivity contribution in [2.75, 3.05) is 38.3 Å². The Morgan fingerprint density at radius 2 is 1.80 bits per heavy atom. The minimum absolute atomic E-state index is 0.291. The summed E-state index contributed by atoms with van der Waals surface area (Å²) >= 11 is 12.3. The van der Waals surface area contributed by atoms with Gasteiger partial charge in [0.25, 0.3) is 0 Å². The average molecular weight is 511 g/mol. The molecule has 0 saturated carbocycles. The maximum Gasteiger partial charge on any atom is 0.165 e. The largest absolute Gasteiger partial charge is 0.493 e. The molecule has 5 nitrogen and oxygen atoms in total. The summed E-state index contributed by atoms with van der Waals surface area (Å²) in [6.45, 7) is 7.53. The van der Waals surface area contributed by atoms with E-state index < -0.39 is 0 Å². The molecule has 1 aliphatic rings. The second-order valence-electron chi connectivity index (χ2n) is 8.10. The van der Waals surface area contributed by atoms with Crippen LogP contribution in [0.2, 0.25) is 10.0 Å². The Hall–Kier alpha value is -2.99. The monoisotopic (exact) mass is 510 g/mol. The molecule has 0 N–H and O–H groups in total. The molecule has 0 aliphatic carbocycles. The molecule has 3 aromatic carbocycles. The van der Waals surface area contributed by atoms with Crippen molar-refractivity contribution in [2.45, 2.75) is 13.0 Å². The van der Waals surface area contributed by atoms with Crippen molar-refractivity contribution in [1.29, 1.82) is 0 Å². The van der Waals surface area contributed by atoms with Gasteiger partial charge in [-0.15, -0.1) is 6.58 Å². The summed E-state index contributed by atoms with van der Waals surface area (Å²) in [6.07, 6.45) is 4.29. The fraction of sp³-hybridized carbons (Fsp3) is 0.250. The van der Waals surface area contributed by atoms with Crippen LogP contribution in [-0.2, 0) is 17.8 Å². The van der Waals surface area contributed by atoms with E-state index >= 15 is 0 Å². The van der Waals surface area contributed by atoms with Crippen molar-refractivity contribution in [1.82, 2.24) is 0 Å². The molecule has 0 bridgehead atoms. The van der Waals surface area contributed by atoms with E-state index in [0.29, 0.717) is 34.6 Å². The third kappa shape index (κ3) is 6.57. The standard InChI is InChI=1S/C28H28Cl2N2O3/c1-3-4-21-15-20(18-31-24-7-9-25(10-8-24)32-11-13-34-14-12-32)16-27(33-2)28(21)35-19-22-5-6-23(29)17-26(22)30/h3,5-10,15-18H,1,4,11-14,19H2,2H3. The summed E-state index contributed by atoms with van der Waals surface area (Å²) in [5, 5.41) is 1.15. The summed E-state index contributed by atoms with van der Waals surface area (Å²) in [5.74, 6) is 1.28. The lowest BCUT2D eigenvalue weighted by Gasteiger charge is -2.28. The molecule has 3 aromatic rings. The van der Waals surface area contributed by atoms with Gasteiger partial charge in [0.05, 0.1) is 26.0 Å². The van der Waals surface area contributed by atoms with Crippen molar-refractivity contribution in [3.8, 4) is 11.5 Å². The van der Waals surface area contributed by atoms with E-state index in [1.807, 2.05) is 42.6 Å². The molecule has 1 saturated heterocycles. The Bertz CT molecular complexity index is 1190. The number of anilines is 1. The SMILES string of the molecule is C=CCc1cc(C=Nc2ccc(N3CCOCC3)cc2)cc(OC)c1OCc1ccc(Cl)cc1Cl. The van der Waals surface area contributed by atoms with Crippen LogP contribution in [0.25, 0.3) is 0 Å². The van der Waals surface area contributed by atoms with Crippen LogP contribution in [0, 0.1) is 0 Å². The molecule has 4 rings (SSSR count). The highest BCUT2D eigenvalue weighted by atomic mass is 35.5. The van der Waals surface area contributed by atoms with Crippen LogP contribution in [0.3, 0.4) is 0 Å².